The highest BCUT2D eigenvalue weighted by Crippen LogP contribution is 2.32. The quantitative estimate of drug-likeness (QED) is 0.176. The van der Waals surface area contributed by atoms with Gasteiger partial charge in [-0.25, -0.2) is 0 Å². The van der Waals surface area contributed by atoms with Crippen LogP contribution in [0.4, 0.5) is 0 Å². The highest BCUT2D eigenvalue weighted by Gasteiger charge is 2.23. The average Bonchev–Trinajstić information content (AvgIpc) is 3.29. The molecule has 0 atom stereocenters. The molecule has 5 rings (SSSR count). The van der Waals surface area contributed by atoms with Gasteiger partial charge in [-0.15, -0.1) is 0 Å². The Kier molecular flexibility index (Phi) is 11.1. The summed E-state index contributed by atoms with van der Waals surface area (Å²) >= 11 is 6.14. The Bertz CT molecular complexity index is 1300. The summed E-state index contributed by atoms with van der Waals surface area (Å²) in [6, 6.07) is 24.5. The topological polar surface area (TPSA) is 38.8 Å². The third-order valence-corrected chi connectivity index (χ3v) is 8.88. The highest BCUT2D eigenvalue weighted by molar-refractivity contribution is 6.30. The number of hydrogen-bond acceptors (Lipinski definition) is 4. The maximum absolute atomic E-state index is 12.7. The van der Waals surface area contributed by atoms with Gasteiger partial charge in [-0.1, -0.05) is 85.7 Å². The van der Waals surface area contributed by atoms with Crippen molar-refractivity contribution in [3.05, 3.63) is 100 Å². The second kappa shape index (κ2) is 15.4. The van der Waals surface area contributed by atoms with Crippen molar-refractivity contribution >= 4 is 23.1 Å². The fourth-order valence-corrected chi connectivity index (χ4v) is 6.38. The van der Waals surface area contributed by atoms with E-state index in [1.54, 1.807) is 0 Å². The SMILES string of the molecule is C/C(Cc1ccc(Cl)cc1)=C(\c1ccc(OCCN2CCCCCC2)cc1)c1ccc(OC(=O)C2CCCCC2)cc1. The minimum atomic E-state index is -0.0939. The molecule has 0 bridgehead atoms. The maximum atomic E-state index is 12.7. The van der Waals surface area contributed by atoms with E-state index < -0.39 is 0 Å². The van der Waals surface area contributed by atoms with Crippen molar-refractivity contribution in [1.82, 2.24) is 4.90 Å². The number of hydrogen-bond donors (Lipinski definition) is 0. The van der Waals surface area contributed by atoms with Crippen LogP contribution in [-0.2, 0) is 11.2 Å². The van der Waals surface area contributed by atoms with Crippen molar-refractivity contribution in [3.63, 3.8) is 0 Å². The zero-order valence-corrected chi connectivity index (χ0v) is 25.7. The van der Waals surface area contributed by atoms with E-state index in [0.29, 0.717) is 12.4 Å². The summed E-state index contributed by atoms with van der Waals surface area (Å²) in [6.45, 7) is 6.24. The van der Waals surface area contributed by atoms with Crippen LogP contribution in [0, 0.1) is 5.92 Å². The molecule has 2 fully saturated rings. The maximum Gasteiger partial charge on any atom is 0.314 e. The molecular weight excluding hydrogens is 542 g/mol. The van der Waals surface area contributed by atoms with Crippen molar-refractivity contribution in [2.75, 3.05) is 26.2 Å². The van der Waals surface area contributed by atoms with E-state index >= 15 is 0 Å². The molecule has 0 unspecified atom stereocenters. The number of ether oxygens (including phenoxy) is 2. The van der Waals surface area contributed by atoms with Crippen molar-refractivity contribution in [3.8, 4) is 11.5 Å². The van der Waals surface area contributed by atoms with Crippen LogP contribution in [0.15, 0.2) is 78.4 Å². The molecule has 0 radical (unpaired) electrons. The highest BCUT2D eigenvalue weighted by atomic mass is 35.5. The second-order valence-corrected chi connectivity index (χ2v) is 12.3. The summed E-state index contributed by atoms with van der Waals surface area (Å²) in [4.78, 5) is 15.2. The smallest absolute Gasteiger partial charge is 0.314 e. The molecule has 0 amide bonds. The molecule has 1 heterocycles. The zero-order valence-electron chi connectivity index (χ0n) is 25.0. The molecular formula is C37H44ClNO3. The summed E-state index contributed by atoms with van der Waals surface area (Å²) in [5, 5.41) is 0.741. The zero-order chi connectivity index (χ0) is 29.1. The summed E-state index contributed by atoms with van der Waals surface area (Å²) in [6.07, 6.45) is 11.4. The van der Waals surface area contributed by atoms with E-state index in [0.717, 1.165) is 60.5 Å². The van der Waals surface area contributed by atoms with Gasteiger partial charge in [0.05, 0.1) is 5.92 Å². The molecule has 2 aliphatic rings. The second-order valence-electron chi connectivity index (χ2n) is 11.9. The number of benzene rings is 3. The van der Waals surface area contributed by atoms with Crippen LogP contribution in [0.1, 0.15) is 81.4 Å². The number of esters is 1. The first-order valence-corrected chi connectivity index (χ1v) is 16.1. The molecule has 222 valence electrons. The van der Waals surface area contributed by atoms with Crippen LogP contribution < -0.4 is 9.47 Å². The Labute approximate surface area is 256 Å². The standard InChI is InChI=1S/C37H44ClNO3/c1-28(27-29-11-17-33(38)18-12-29)36(31-15-21-35(22-16-31)42-37(40)32-9-5-4-6-10-32)30-13-19-34(20-14-30)41-26-25-39-23-7-2-3-8-24-39/h11-22,32H,2-10,23-27H2,1H3/b36-28-. The molecule has 42 heavy (non-hydrogen) atoms. The lowest BCUT2D eigenvalue weighted by atomic mass is 9.89. The number of carbonyl (C=O) groups excluding carboxylic acids is 1. The third kappa shape index (κ3) is 8.72. The van der Waals surface area contributed by atoms with Crippen LogP contribution in [-0.4, -0.2) is 37.1 Å². The first-order chi connectivity index (χ1) is 20.5. The average molecular weight is 586 g/mol. The molecule has 5 heteroatoms. The van der Waals surface area contributed by atoms with Gasteiger partial charge in [-0.05, 0) is 111 Å². The van der Waals surface area contributed by atoms with Gasteiger partial charge in [0.1, 0.15) is 18.1 Å². The monoisotopic (exact) mass is 585 g/mol. The first-order valence-electron chi connectivity index (χ1n) is 15.8. The predicted molar refractivity (Wildman–Crippen MR) is 172 cm³/mol. The largest absolute Gasteiger partial charge is 0.492 e. The fraction of sp³-hybridized carbons (Fsp3) is 0.432. The molecule has 0 N–H and O–H groups in total. The van der Waals surface area contributed by atoms with Crippen molar-refractivity contribution < 1.29 is 14.3 Å². The number of nitrogens with zero attached hydrogens (tertiary/aromatic N) is 1. The molecule has 1 saturated heterocycles. The molecule has 1 aliphatic heterocycles. The van der Waals surface area contributed by atoms with Crippen molar-refractivity contribution in [2.45, 2.75) is 71.1 Å². The molecule has 0 aromatic heterocycles. The van der Waals surface area contributed by atoms with Crippen molar-refractivity contribution in [1.29, 1.82) is 0 Å². The summed E-state index contributed by atoms with van der Waals surface area (Å²) in [7, 11) is 0. The molecule has 3 aromatic rings. The number of rotatable bonds is 10. The van der Waals surface area contributed by atoms with E-state index in [4.69, 9.17) is 21.1 Å². The van der Waals surface area contributed by atoms with E-state index in [9.17, 15) is 4.79 Å². The van der Waals surface area contributed by atoms with E-state index in [1.807, 2.05) is 24.3 Å². The lowest BCUT2D eigenvalue weighted by molar-refractivity contribution is -0.139. The summed E-state index contributed by atoms with van der Waals surface area (Å²) in [5.74, 6) is 1.44. The van der Waals surface area contributed by atoms with Crippen LogP contribution in [0.5, 0.6) is 11.5 Å². The van der Waals surface area contributed by atoms with Crippen molar-refractivity contribution in [2.24, 2.45) is 5.92 Å². The predicted octanol–water partition coefficient (Wildman–Crippen LogP) is 9.15. The Morgan fingerprint density at radius 1 is 0.762 bits per heavy atom. The van der Waals surface area contributed by atoms with Gasteiger partial charge in [0.15, 0.2) is 0 Å². The van der Waals surface area contributed by atoms with Gasteiger partial charge < -0.3 is 9.47 Å². The van der Waals surface area contributed by atoms with Crippen LogP contribution in [0.25, 0.3) is 5.57 Å². The lowest BCUT2D eigenvalue weighted by Gasteiger charge is -2.20. The molecule has 1 aliphatic carbocycles. The summed E-state index contributed by atoms with van der Waals surface area (Å²) < 4.78 is 11.9. The van der Waals surface area contributed by atoms with Crippen LogP contribution >= 0.6 is 11.6 Å². The molecule has 1 saturated carbocycles. The van der Waals surface area contributed by atoms with Gasteiger partial charge in [0, 0.05) is 11.6 Å². The normalized spacial score (nSPS) is 17.3. The van der Waals surface area contributed by atoms with Gasteiger partial charge >= 0.3 is 5.97 Å². The minimum absolute atomic E-state index is 0.0283. The lowest BCUT2D eigenvalue weighted by Crippen LogP contribution is -2.29. The minimum Gasteiger partial charge on any atom is -0.492 e. The van der Waals surface area contributed by atoms with Gasteiger partial charge in [0.25, 0.3) is 0 Å². The first kappa shape index (κ1) is 30.4. The molecule has 4 nitrogen and oxygen atoms in total. The number of halogens is 1. The Hall–Kier alpha value is -3.08. The van der Waals surface area contributed by atoms with E-state index in [1.165, 1.54) is 61.9 Å². The Morgan fingerprint density at radius 3 is 1.95 bits per heavy atom. The fourth-order valence-electron chi connectivity index (χ4n) is 6.25. The number of likely N-dealkylation sites (tertiary alicyclic amines) is 1. The summed E-state index contributed by atoms with van der Waals surface area (Å²) in [5.41, 5.74) is 5.85. The number of allylic oxidation sites excluding steroid dienone is 1. The Balaban J connectivity index is 1.31. The Morgan fingerprint density at radius 2 is 1.33 bits per heavy atom. The van der Waals surface area contributed by atoms with Gasteiger partial charge in [-0.3, -0.25) is 9.69 Å². The molecule has 3 aromatic carbocycles. The van der Waals surface area contributed by atoms with E-state index in [2.05, 4.69) is 60.4 Å². The molecule has 0 spiro atoms. The van der Waals surface area contributed by atoms with Gasteiger partial charge in [0.2, 0.25) is 0 Å². The van der Waals surface area contributed by atoms with Gasteiger partial charge in [-0.2, -0.15) is 0 Å². The van der Waals surface area contributed by atoms with E-state index in [-0.39, 0.29) is 11.9 Å². The van der Waals surface area contributed by atoms with Crippen LogP contribution in [0.2, 0.25) is 5.02 Å². The number of carbonyl (C=O) groups is 1. The third-order valence-electron chi connectivity index (χ3n) is 8.63. The van der Waals surface area contributed by atoms with Crippen LogP contribution in [0.3, 0.4) is 0 Å².